The zero-order chi connectivity index (χ0) is 20.6. The largest absolute Gasteiger partial charge is 0.462 e. The van der Waals surface area contributed by atoms with Gasteiger partial charge >= 0.3 is 12.6 Å². The van der Waals surface area contributed by atoms with E-state index in [1.807, 2.05) is 30.3 Å². The zero-order valence-corrected chi connectivity index (χ0v) is 16.4. The highest BCUT2D eigenvalue weighted by Gasteiger charge is 2.27. The lowest BCUT2D eigenvalue weighted by molar-refractivity contribution is -0.0539. The van der Waals surface area contributed by atoms with Crippen molar-refractivity contribution in [2.24, 2.45) is 5.92 Å². The second-order valence-electron chi connectivity index (χ2n) is 7.10. The normalized spacial score (nSPS) is 19.3. The van der Waals surface area contributed by atoms with Crippen molar-refractivity contribution in [2.75, 3.05) is 13.2 Å². The lowest BCUT2D eigenvalue weighted by Crippen LogP contribution is -2.21. The van der Waals surface area contributed by atoms with Crippen molar-refractivity contribution < 1.29 is 27.8 Å². The van der Waals surface area contributed by atoms with E-state index in [0.717, 1.165) is 31.2 Å². The Morgan fingerprint density at radius 2 is 1.93 bits per heavy atom. The van der Waals surface area contributed by atoms with Crippen LogP contribution in [0.25, 0.3) is 0 Å². The molecule has 1 aromatic heterocycles. The van der Waals surface area contributed by atoms with Gasteiger partial charge in [0.15, 0.2) is 0 Å². The van der Waals surface area contributed by atoms with E-state index >= 15 is 0 Å². The van der Waals surface area contributed by atoms with Crippen LogP contribution < -0.4 is 4.74 Å². The highest BCUT2D eigenvalue weighted by atomic mass is 19.3. The van der Waals surface area contributed by atoms with Crippen molar-refractivity contribution in [3.05, 3.63) is 47.7 Å². The molecule has 2 aromatic rings. The number of rotatable bonds is 9. The fourth-order valence-electron chi connectivity index (χ4n) is 3.58. The predicted octanol–water partition coefficient (Wildman–Crippen LogP) is 4.61. The van der Waals surface area contributed by atoms with Crippen molar-refractivity contribution in [3.8, 4) is 5.88 Å². The van der Waals surface area contributed by atoms with E-state index in [1.54, 1.807) is 11.6 Å². The number of esters is 1. The molecule has 6 nitrogen and oxygen atoms in total. The molecule has 29 heavy (non-hydrogen) atoms. The Morgan fingerprint density at radius 1 is 1.21 bits per heavy atom. The van der Waals surface area contributed by atoms with Crippen LogP contribution in [0, 0.1) is 5.92 Å². The van der Waals surface area contributed by atoms with Crippen LogP contribution in [0.5, 0.6) is 5.88 Å². The number of benzene rings is 1. The van der Waals surface area contributed by atoms with E-state index in [0.29, 0.717) is 19.1 Å². The highest BCUT2D eigenvalue weighted by molar-refractivity contribution is 5.91. The summed E-state index contributed by atoms with van der Waals surface area (Å²) in [4.78, 5) is 12.0. The molecule has 0 N–H and O–H groups in total. The minimum Gasteiger partial charge on any atom is -0.462 e. The lowest BCUT2D eigenvalue weighted by Gasteiger charge is -2.28. The number of aromatic nitrogens is 2. The van der Waals surface area contributed by atoms with Gasteiger partial charge in [0.25, 0.3) is 5.88 Å². The molecule has 1 aromatic carbocycles. The van der Waals surface area contributed by atoms with Gasteiger partial charge in [-0.15, -0.1) is 5.10 Å². The Balaban J connectivity index is 1.53. The first-order valence-corrected chi connectivity index (χ1v) is 9.89. The van der Waals surface area contributed by atoms with Gasteiger partial charge in [0.05, 0.1) is 19.3 Å². The third kappa shape index (κ3) is 6.00. The molecule has 1 fully saturated rings. The Morgan fingerprint density at radius 3 is 2.59 bits per heavy atom. The molecule has 1 aliphatic carbocycles. The fourth-order valence-corrected chi connectivity index (χ4v) is 3.58. The van der Waals surface area contributed by atoms with E-state index in [2.05, 4.69) is 9.84 Å². The SMILES string of the molecule is CCOC(=O)c1cn(C2CCC(COCc3ccccc3)CC2)nc1OC(F)F. The van der Waals surface area contributed by atoms with Crippen LogP contribution in [0.15, 0.2) is 36.5 Å². The third-order valence-electron chi connectivity index (χ3n) is 5.05. The van der Waals surface area contributed by atoms with Crippen LogP contribution in [0.1, 0.15) is 54.6 Å². The minimum atomic E-state index is -3.05. The molecule has 1 saturated carbocycles. The standard InChI is InChI=1S/C21H26F2N2O4/c1-2-28-20(26)18-12-25(24-19(18)29-21(22)23)17-10-8-16(9-11-17)14-27-13-15-6-4-3-5-7-15/h3-7,12,16-17,21H,2,8-11,13-14H2,1H3. The molecular weight excluding hydrogens is 382 g/mol. The molecule has 0 bridgehead atoms. The number of alkyl halides is 2. The quantitative estimate of drug-likeness (QED) is 0.567. The summed E-state index contributed by atoms with van der Waals surface area (Å²) in [5, 5.41) is 4.09. The Kier molecular flexibility index (Phi) is 7.57. The summed E-state index contributed by atoms with van der Waals surface area (Å²) in [5.74, 6) is -0.643. The van der Waals surface area contributed by atoms with Crippen LogP contribution in [-0.4, -0.2) is 35.6 Å². The average molecular weight is 408 g/mol. The summed E-state index contributed by atoms with van der Waals surface area (Å²) in [7, 11) is 0. The third-order valence-corrected chi connectivity index (χ3v) is 5.05. The molecule has 1 aliphatic rings. The van der Waals surface area contributed by atoms with E-state index in [1.165, 1.54) is 6.20 Å². The van der Waals surface area contributed by atoms with Crippen molar-refractivity contribution in [2.45, 2.75) is 51.9 Å². The first-order valence-electron chi connectivity index (χ1n) is 9.89. The second kappa shape index (κ2) is 10.3. The number of hydrogen-bond donors (Lipinski definition) is 0. The van der Waals surface area contributed by atoms with E-state index in [9.17, 15) is 13.6 Å². The van der Waals surface area contributed by atoms with Gasteiger partial charge < -0.3 is 14.2 Å². The zero-order valence-electron chi connectivity index (χ0n) is 16.4. The van der Waals surface area contributed by atoms with Gasteiger partial charge in [-0.25, -0.2) is 4.79 Å². The number of ether oxygens (including phenoxy) is 3. The molecule has 0 atom stereocenters. The van der Waals surface area contributed by atoms with Crippen LogP contribution in [-0.2, 0) is 16.1 Å². The molecule has 158 valence electrons. The van der Waals surface area contributed by atoms with Gasteiger partial charge in [-0.2, -0.15) is 8.78 Å². The maximum absolute atomic E-state index is 12.7. The maximum Gasteiger partial charge on any atom is 0.388 e. The van der Waals surface area contributed by atoms with Gasteiger partial charge in [-0.05, 0) is 44.1 Å². The summed E-state index contributed by atoms with van der Waals surface area (Å²) in [6.07, 6.45) is 5.00. The van der Waals surface area contributed by atoms with Gasteiger partial charge in [-0.1, -0.05) is 30.3 Å². The van der Waals surface area contributed by atoms with Crippen LogP contribution in [0.2, 0.25) is 0 Å². The average Bonchev–Trinajstić information content (AvgIpc) is 3.13. The second-order valence-corrected chi connectivity index (χ2v) is 7.10. The summed E-state index contributed by atoms with van der Waals surface area (Å²) < 4.78 is 42.0. The fraction of sp³-hybridized carbons (Fsp3) is 0.524. The van der Waals surface area contributed by atoms with Crippen LogP contribution >= 0.6 is 0 Å². The van der Waals surface area contributed by atoms with Crippen molar-refractivity contribution in [1.29, 1.82) is 0 Å². The molecule has 0 radical (unpaired) electrons. The first-order chi connectivity index (χ1) is 14.1. The lowest BCUT2D eigenvalue weighted by atomic mass is 9.86. The van der Waals surface area contributed by atoms with Crippen molar-refractivity contribution >= 4 is 5.97 Å². The Hall–Kier alpha value is -2.48. The summed E-state index contributed by atoms with van der Waals surface area (Å²) in [5.41, 5.74) is 1.08. The van der Waals surface area contributed by atoms with Crippen molar-refractivity contribution in [1.82, 2.24) is 9.78 Å². The first kappa shape index (κ1) is 21.2. The molecule has 0 unspecified atom stereocenters. The molecule has 3 rings (SSSR count). The number of hydrogen-bond acceptors (Lipinski definition) is 5. The highest BCUT2D eigenvalue weighted by Crippen LogP contribution is 2.34. The van der Waals surface area contributed by atoms with E-state index < -0.39 is 12.6 Å². The van der Waals surface area contributed by atoms with Gasteiger partial charge in [0, 0.05) is 12.8 Å². The minimum absolute atomic E-state index is 0.0311. The molecule has 0 aliphatic heterocycles. The molecule has 0 spiro atoms. The summed E-state index contributed by atoms with van der Waals surface area (Å²) in [6, 6.07) is 10.1. The number of nitrogens with zero attached hydrogens (tertiary/aromatic N) is 2. The smallest absolute Gasteiger partial charge is 0.388 e. The topological polar surface area (TPSA) is 62.6 Å². The maximum atomic E-state index is 12.7. The number of carbonyl (C=O) groups is 1. The van der Waals surface area contributed by atoms with Crippen LogP contribution in [0.3, 0.4) is 0 Å². The Bertz CT molecular complexity index is 774. The van der Waals surface area contributed by atoms with E-state index in [4.69, 9.17) is 9.47 Å². The Labute approximate surface area is 168 Å². The summed E-state index contributed by atoms with van der Waals surface area (Å²) >= 11 is 0. The molecule has 0 saturated heterocycles. The predicted molar refractivity (Wildman–Crippen MR) is 102 cm³/mol. The van der Waals surface area contributed by atoms with Crippen LogP contribution in [0.4, 0.5) is 8.78 Å². The number of carbonyl (C=O) groups excluding carboxylic acids is 1. The van der Waals surface area contributed by atoms with E-state index in [-0.39, 0.29) is 24.1 Å². The van der Waals surface area contributed by atoms with Gasteiger partial charge in [0.1, 0.15) is 5.56 Å². The molecule has 1 heterocycles. The number of halogens is 2. The summed E-state index contributed by atoms with van der Waals surface area (Å²) in [6.45, 7) is 0.0266. The van der Waals surface area contributed by atoms with Gasteiger partial charge in [-0.3, -0.25) is 4.68 Å². The monoisotopic (exact) mass is 408 g/mol. The molecule has 0 amide bonds. The molecule has 8 heteroatoms. The van der Waals surface area contributed by atoms with Gasteiger partial charge in [0.2, 0.25) is 0 Å². The van der Waals surface area contributed by atoms with Crippen molar-refractivity contribution in [3.63, 3.8) is 0 Å². The molecular formula is C21H26F2N2O4.